The Balaban J connectivity index is 1.63. The first-order valence-corrected chi connectivity index (χ1v) is 11.5. The average Bonchev–Trinajstić information content (AvgIpc) is 2.84. The smallest absolute Gasteiger partial charge is 0.335 e. The third kappa shape index (κ3) is 3.99. The van der Waals surface area contributed by atoms with E-state index in [0.29, 0.717) is 0 Å². The van der Waals surface area contributed by atoms with Crippen LogP contribution in [0, 0.1) is 5.92 Å². The Labute approximate surface area is 202 Å². The van der Waals surface area contributed by atoms with Gasteiger partial charge in [-0.2, -0.15) is 0 Å². The lowest BCUT2D eigenvalue weighted by atomic mass is 9.50. The van der Waals surface area contributed by atoms with Crippen molar-refractivity contribution >= 4 is 28.5 Å². The Morgan fingerprint density at radius 2 is 1.03 bits per heavy atom. The van der Waals surface area contributed by atoms with E-state index in [4.69, 9.17) is 0 Å². The minimum Gasteiger partial charge on any atom is -0.478 e. The highest BCUT2D eigenvalue weighted by Gasteiger charge is 2.54. The van der Waals surface area contributed by atoms with Gasteiger partial charge in [0.05, 0.1) is 11.1 Å². The molecule has 0 spiro atoms. The van der Waals surface area contributed by atoms with Gasteiger partial charge in [-0.1, -0.05) is 66.7 Å². The highest BCUT2D eigenvalue weighted by Crippen LogP contribution is 2.62. The summed E-state index contributed by atoms with van der Waals surface area (Å²) in [4.78, 5) is 35.7. The van der Waals surface area contributed by atoms with Crippen molar-refractivity contribution in [1.82, 2.24) is 0 Å². The Kier molecular flexibility index (Phi) is 5.69. The zero-order chi connectivity index (χ0) is 24.7. The number of aromatic carboxylic acids is 2. The lowest BCUT2D eigenvalue weighted by molar-refractivity contribution is -0.126. The van der Waals surface area contributed by atoms with Crippen molar-refractivity contribution in [2.24, 2.45) is 5.92 Å². The first-order valence-electron chi connectivity index (χ1n) is 11.5. The maximum atomic E-state index is 13.0. The van der Waals surface area contributed by atoms with E-state index < -0.39 is 11.9 Å². The van der Waals surface area contributed by atoms with Gasteiger partial charge in [-0.05, 0) is 64.6 Å². The molecular formula is C30H24O5. The third-order valence-corrected chi connectivity index (χ3v) is 7.26. The summed E-state index contributed by atoms with van der Waals surface area (Å²) in [6.07, 6.45) is 0. The minimum atomic E-state index is -0.997. The first-order chi connectivity index (χ1) is 16.8. The third-order valence-electron chi connectivity index (χ3n) is 7.26. The number of benzene rings is 4. The number of fused-ring (bicyclic) bond motifs is 1. The molecule has 0 saturated heterocycles. The van der Waals surface area contributed by atoms with Crippen molar-refractivity contribution in [3.8, 4) is 0 Å². The molecule has 5 rings (SSSR count). The van der Waals surface area contributed by atoms with Crippen LogP contribution in [0.25, 0.3) is 10.8 Å². The van der Waals surface area contributed by atoms with Crippen LogP contribution in [0.2, 0.25) is 0 Å². The van der Waals surface area contributed by atoms with Crippen LogP contribution in [0.15, 0.2) is 91.0 Å². The maximum absolute atomic E-state index is 13.0. The van der Waals surface area contributed by atoms with Gasteiger partial charge >= 0.3 is 11.9 Å². The van der Waals surface area contributed by atoms with Crippen molar-refractivity contribution in [2.45, 2.75) is 24.7 Å². The van der Waals surface area contributed by atoms with E-state index in [2.05, 4.69) is 30.3 Å². The van der Waals surface area contributed by atoms with Crippen molar-refractivity contribution in [1.29, 1.82) is 0 Å². The molecule has 5 heteroatoms. The van der Waals surface area contributed by atoms with Gasteiger partial charge < -0.3 is 10.2 Å². The van der Waals surface area contributed by atoms with Gasteiger partial charge in [-0.3, -0.25) is 4.79 Å². The van der Waals surface area contributed by atoms with Crippen LogP contribution in [0.4, 0.5) is 0 Å². The number of carboxylic acid groups (broad SMARTS) is 2. The van der Waals surface area contributed by atoms with E-state index >= 15 is 0 Å². The molecule has 0 amide bonds. The monoisotopic (exact) mass is 464 g/mol. The normalized spacial score (nSPS) is 21.3. The average molecular weight is 465 g/mol. The summed E-state index contributed by atoms with van der Waals surface area (Å²) in [5.41, 5.74) is 3.33. The molecule has 4 atom stereocenters. The number of carbonyl (C=O) groups excluding carboxylic acids is 1. The molecule has 4 aromatic rings. The molecule has 4 aromatic carbocycles. The molecular weight excluding hydrogens is 440 g/mol. The van der Waals surface area contributed by atoms with Gasteiger partial charge in [0.15, 0.2) is 0 Å². The van der Waals surface area contributed by atoms with Gasteiger partial charge in [0.1, 0.15) is 5.78 Å². The largest absolute Gasteiger partial charge is 0.478 e. The highest BCUT2D eigenvalue weighted by molar-refractivity contribution is 5.89. The number of ketones is 1. The molecule has 35 heavy (non-hydrogen) atoms. The molecule has 174 valence electrons. The molecule has 1 aliphatic carbocycles. The van der Waals surface area contributed by atoms with Crippen molar-refractivity contribution in [3.05, 3.63) is 119 Å². The van der Waals surface area contributed by atoms with E-state index in [9.17, 15) is 24.6 Å². The van der Waals surface area contributed by atoms with Crippen LogP contribution in [0.5, 0.6) is 0 Å². The zero-order valence-electron chi connectivity index (χ0n) is 19.1. The summed E-state index contributed by atoms with van der Waals surface area (Å²) in [7, 11) is 0. The maximum Gasteiger partial charge on any atom is 0.335 e. The molecule has 0 heterocycles. The quantitative estimate of drug-likeness (QED) is 0.359. The molecule has 5 nitrogen and oxygen atoms in total. The Hall–Kier alpha value is -4.25. The number of rotatable bonds is 6. The lowest BCUT2D eigenvalue weighted by Gasteiger charge is -2.52. The molecule has 1 aliphatic rings. The van der Waals surface area contributed by atoms with Crippen molar-refractivity contribution < 1.29 is 24.6 Å². The Morgan fingerprint density at radius 3 is 1.54 bits per heavy atom. The molecule has 0 aromatic heterocycles. The summed E-state index contributed by atoms with van der Waals surface area (Å²) in [5.74, 6) is -2.49. The fraction of sp³-hybridized carbons (Fsp3) is 0.167. The molecule has 2 N–H and O–H groups in total. The lowest BCUT2D eigenvalue weighted by Crippen LogP contribution is -2.45. The summed E-state index contributed by atoms with van der Waals surface area (Å²) >= 11 is 0. The van der Waals surface area contributed by atoms with Crippen LogP contribution in [0.3, 0.4) is 0 Å². The molecule has 1 fully saturated rings. The van der Waals surface area contributed by atoms with Crippen molar-refractivity contribution in [2.75, 3.05) is 0 Å². The van der Waals surface area contributed by atoms with Crippen LogP contribution >= 0.6 is 0 Å². The summed E-state index contributed by atoms with van der Waals surface area (Å²) in [5, 5.41) is 20.9. The van der Waals surface area contributed by atoms with Crippen LogP contribution in [0.1, 0.15) is 62.1 Å². The number of hydrogen-bond donors (Lipinski definition) is 2. The van der Waals surface area contributed by atoms with E-state index in [1.165, 1.54) is 0 Å². The van der Waals surface area contributed by atoms with Gasteiger partial charge in [-0.15, -0.1) is 0 Å². The van der Waals surface area contributed by atoms with E-state index in [0.717, 1.165) is 27.5 Å². The Morgan fingerprint density at radius 1 is 0.571 bits per heavy atom. The van der Waals surface area contributed by atoms with Crippen LogP contribution in [-0.4, -0.2) is 27.9 Å². The second-order valence-electron chi connectivity index (χ2n) is 9.17. The minimum absolute atomic E-state index is 0.0661. The van der Waals surface area contributed by atoms with Crippen LogP contribution in [-0.2, 0) is 4.79 Å². The summed E-state index contributed by atoms with van der Waals surface area (Å²) in [6, 6.07) is 28.0. The second-order valence-corrected chi connectivity index (χ2v) is 9.17. The first kappa shape index (κ1) is 22.5. The van der Waals surface area contributed by atoms with Gasteiger partial charge in [0.2, 0.25) is 0 Å². The predicted octanol–water partition coefficient (Wildman–Crippen LogP) is 6.11. The molecule has 0 aliphatic heterocycles. The molecule has 0 bridgehead atoms. The number of carboxylic acids is 2. The standard InChI is InChI=1S/C30H24O5/c1-17(31)25-26(19-7-11-21(12-8-19)29(32)33)27(20-9-13-22(14-10-20)30(34)35)28(25)24-15-6-18-4-2-3-5-23(18)16-24/h2-16,25-28H,1H3,(H,32,33)(H,34,35)/t25?,26?,27-,28?/m0/s1. The highest BCUT2D eigenvalue weighted by atomic mass is 16.4. The van der Waals surface area contributed by atoms with E-state index in [1.807, 2.05) is 24.3 Å². The zero-order valence-corrected chi connectivity index (χ0v) is 19.1. The fourth-order valence-electron chi connectivity index (χ4n) is 5.61. The van der Waals surface area contributed by atoms with Crippen molar-refractivity contribution in [3.63, 3.8) is 0 Å². The summed E-state index contributed by atoms with van der Waals surface area (Å²) in [6.45, 7) is 1.61. The molecule has 3 unspecified atom stereocenters. The van der Waals surface area contributed by atoms with Gasteiger partial charge in [0.25, 0.3) is 0 Å². The summed E-state index contributed by atoms with van der Waals surface area (Å²) < 4.78 is 0. The Bertz CT molecular complexity index is 1440. The van der Waals surface area contributed by atoms with Gasteiger partial charge in [0, 0.05) is 17.8 Å². The number of hydrogen-bond acceptors (Lipinski definition) is 3. The van der Waals surface area contributed by atoms with Crippen LogP contribution < -0.4 is 0 Å². The number of Topliss-reactive ketones (excluding diaryl/α,β-unsaturated/α-hetero) is 1. The molecule has 0 radical (unpaired) electrons. The fourth-order valence-corrected chi connectivity index (χ4v) is 5.61. The SMILES string of the molecule is CC(=O)C1C(c2ccc(C(=O)O)cc2)[C@H](c2ccc(C(=O)O)cc2)C1c1ccc2ccccc2c1. The topological polar surface area (TPSA) is 91.7 Å². The molecule has 1 saturated carbocycles. The van der Waals surface area contributed by atoms with E-state index in [-0.39, 0.29) is 40.6 Å². The van der Waals surface area contributed by atoms with Gasteiger partial charge in [-0.25, -0.2) is 9.59 Å². The number of carbonyl (C=O) groups is 3. The second kappa shape index (κ2) is 8.84. The predicted molar refractivity (Wildman–Crippen MR) is 133 cm³/mol. The van der Waals surface area contributed by atoms with E-state index in [1.54, 1.807) is 43.3 Å².